The molecule has 0 bridgehead atoms. The van der Waals surface area contributed by atoms with Gasteiger partial charge in [0, 0.05) is 4.43 Å². The molecule has 0 spiro atoms. The lowest BCUT2D eigenvalue weighted by Crippen LogP contribution is -2.24. The normalized spacial score (nSPS) is 24.7. The Morgan fingerprint density at radius 3 is 2.81 bits per heavy atom. The zero-order valence-electron chi connectivity index (χ0n) is 16.9. The lowest BCUT2D eigenvalue weighted by molar-refractivity contribution is 0.332. The molecule has 0 nitrogen and oxygen atoms in total. The number of hydrogen-bond acceptors (Lipinski definition) is 0. The minimum atomic E-state index is 0.221. The average Bonchev–Trinajstić information content (AvgIpc) is 2.92. The molecule has 0 aromatic rings. The first-order chi connectivity index (χ1) is 13.0. The SMILES string of the molecule is C=C\C=C/C(CC)=C(/C=C\CI)C1=CC=C2C3=C(C=CCC3)C(C)(C)C2C1. The molecule has 0 heterocycles. The van der Waals surface area contributed by atoms with Crippen LogP contribution in [0.25, 0.3) is 0 Å². The van der Waals surface area contributed by atoms with Gasteiger partial charge in [0.25, 0.3) is 0 Å². The van der Waals surface area contributed by atoms with Gasteiger partial charge < -0.3 is 0 Å². The van der Waals surface area contributed by atoms with Gasteiger partial charge in [-0.25, -0.2) is 0 Å². The number of hydrogen-bond donors (Lipinski definition) is 0. The zero-order chi connectivity index (χ0) is 19.4. The molecule has 1 atom stereocenters. The van der Waals surface area contributed by atoms with Crippen LogP contribution in [0.4, 0.5) is 0 Å². The lowest BCUT2D eigenvalue weighted by Gasteiger charge is -2.33. The molecule has 0 aliphatic heterocycles. The van der Waals surface area contributed by atoms with Crippen LogP contribution < -0.4 is 0 Å². The summed E-state index contributed by atoms with van der Waals surface area (Å²) < 4.78 is 1.04. The molecule has 3 aliphatic carbocycles. The van der Waals surface area contributed by atoms with Gasteiger partial charge in [-0.1, -0.05) is 105 Å². The number of rotatable bonds is 6. The smallest absolute Gasteiger partial charge is 0.0179 e. The highest BCUT2D eigenvalue weighted by molar-refractivity contribution is 14.1. The summed E-state index contributed by atoms with van der Waals surface area (Å²) >= 11 is 2.42. The van der Waals surface area contributed by atoms with Gasteiger partial charge in [0.05, 0.1) is 0 Å². The molecule has 0 saturated heterocycles. The zero-order valence-corrected chi connectivity index (χ0v) is 19.1. The van der Waals surface area contributed by atoms with E-state index in [0.29, 0.717) is 5.92 Å². The van der Waals surface area contributed by atoms with Crippen molar-refractivity contribution in [3.05, 3.63) is 94.7 Å². The van der Waals surface area contributed by atoms with Crippen molar-refractivity contribution in [1.29, 1.82) is 0 Å². The largest absolute Gasteiger partial charge is 0.0991 e. The van der Waals surface area contributed by atoms with E-state index >= 15 is 0 Å². The molecule has 0 saturated carbocycles. The van der Waals surface area contributed by atoms with Crippen molar-refractivity contribution in [2.45, 2.75) is 46.5 Å². The van der Waals surface area contributed by atoms with E-state index < -0.39 is 0 Å². The maximum Gasteiger partial charge on any atom is 0.0179 e. The summed E-state index contributed by atoms with van der Waals surface area (Å²) in [4.78, 5) is 0. The average molecular weight is 470 g/mol. The Balaban J connectivity index is 2.05. The van der Waals surface area contributed by atoms with Crippen molar-refractivity contribution in [1.82, 2.24) is 0 Å². The lowest BCUT2D eigenvalue weighted by atomic mass is 9.70. The molecule has 0 aromatic carbocycles. The van der Waals surface area contributed by atoms with E-state index in [1.165, 1.54) is 29.6 Å². The second-order valence-corrected chi connectivity index (χ2v) is 8.95. The Bertz CT molecular complexity index is 818. The standard InChI is InChI=1S/C26H31I/c1-5-7-11-19(6-2)21(13-10-17-27)20-15-16-23-22-12-8-9-14-24(22)26(3,4)25(23)18-20/h5,7,9-11,13-16,25H,1,6,8,12,17-18H2,2-4H3/b11-7-,13-10-,21-19-. The van der Waals surface area contributed by atoms with E-state index in [0.717, 1.165) is 17.3 Å². The Kier molecular flexibility index (Phi) is 6.62. The van der Waals surface area contributed by atoms with Crippen LogP contribution in [0.5, 0.6) is 0 Å². The van der Waals surface area contributed by atoms with E-state index in [2.05, 4.69) is 98.5 Å². The quantitative estimate of drug-likeness (QED) is 0.210. The molecular formula is C26H31I. The highest BCUT2D eigenvalue weighted by Gasteiger charge is 2.44. The predicted octanol–water partition coefficient (Wildman–Crippen LogP) is 7.99. The third-order valence-electron chi connectivity index (χ3n) is 6.23. The van der Waals surface area contributed by atoms with Gasteiger partial charge in [0.1, 0.15) is 0 Å². The van der Waals surface area contributed by atoms with Crippen LogP contribution in [-0.2, 0) is 0 Å². The van der Waals surface area contributed by atoms with Gasteiger partial charge >= 0.3 is 0 Å². The molecule has 142 valence electrons. The minimum absolute atomic E-state index is 0.221. The molecule has 1 heteroatoms. The van der Waals surface area contributed by atoms with Gasteiger partial charge in [0.15, 0.2) is 0 Å². The molecule has 1 unspecified atom stereocenters. The first-order valence-corrected chi connectivity index (χ1v) is 11.6. The molecule has 27 heavy (non-hydrogen) atoms. The first kappa shape index (κ1) is 20.4. The summed E-state index contributed by atoms with van der Waals surface area (Å²) in [6.45, 7) is 11.0. The molecule has 0 aromatic heterocycles. The Labute approximate surface area is 179 Å². The van der Waals surface area contributed by atoms with Crippen LogP contribution in [0.2, 0.25) is 0 Å². The van der Waals surface area contributed by atoms with Crippen molar-refractivity contribution in [3.63, 3.8) is 0 Å². The van der Waals surface area contributed by atoms with Crippen molar-refractivity contribution in [3.8, 4) is 0 Å². The molecule has 3 aliphatic rings. The number of allylic oxidation sites excluding steroid dienone is 15. The van der Waals surface area contributed by atoms with Crippen LogP contribution in [0.3, 0.4) is 0 Å². The maximum absolute atomic E-state index is 3.84. The monoisotopic (exact) mass is 470 g/mol. The van der Waals surface area contributed by atoms with Crippen molar-refractivity contribution >= 4 is 22.6 Å². The second-order valence-electron chi connectivity index (χ2n) is 8.07. The van der Waals surface area contributed by atoms with E-state index in [1.807, 2.05) is 6.08 Å². The Morgan fingerprint density at radius 2 is 2.11 bits per heavy atom. The van der Waals surface area contributed by atoms with Crippen molar-refractivity contribution in [2.24, 2.45) is 11.3 Å². The summed E-state index contributed by atoms with van der Waals surface area (Å²) in [6.07, 6.45) is 24.9. The van der Waals surface area contributed by atoms with Gasteiger partial charge in [-0.3, -0.25) is 0 Å². The molecule has 0 radical (unpaired) electrons. The van der Waals surface area contributed by atoms with E-state index in [1.54, 1.807) is 16.7 Å². The fourth-order valence-corrected chi connectivity index (χ4v) is 5.03. The van der Waals surface area contributed by atoms with E-state index in [4.69, 9.17) is 0 Å². The predicted molar refractivity (Wildman–Crippen MR) is 128 cm³/mol. The van der Waals surface area contributed by atoms with Gasteiger partial charge in [-0.05, 0) is 70.5 Å². The topological polar surface area (TPSA) is 0 Å². The summed E-state index contributed by atoms with van der Waals surface area (Å²) in [6, 6.07) is 0. The molecule has 0 fully saturated rings. The Hall–Kier alpha value is -1.35. The van der Waals surface area contributed by atoms with Crippen LogP contribution in [0.1, 0.15) is 46.5 Å². The van der Waals surface area contributed by atoms with Crippen molar-refractivity contribution < 1.29 is 0 Å². The summed E-state index contributed by atoms with van der Waals surface area (Å²) in [5, 5.41) is 0. The highest BCUT2D eigenvalue weighted by Crippen LogP contribution is 2.57. The van der Waals surface area contributed by atoms with Crippen molar-refractivity contribution in [2.75, 3.05) is 4.43 Å². The van der Waals surface area contributed by atoms with Crippen LogP contribution in [0.15, 0.2) is 94.7 Å². The Morgan fingerprint density at radius 1 is 1.30 bits per heavy atom. The molecule has 3 rings (SSSR count). The van der Waals surface area contributed by atoms with Crippen LogP contribution in [-0.4, -0.2) is 4.43 Å². The highest BCUT2D eigenvalue weighted by atomic mass is 127. The van der Waals surface area contributed by atoms with E-state index in [9.17, 15) is 0 Å². The van der Waals surface area contributed by atoms with Gasteiger partial charge in [-0.2, -0.15) is 0 Å². The fraction of sp³-hybridized carbons (Fsp3) is 0.385. The number of fused-ring (bicyclic) bond motifs is 2. The van der Waals surface area contributed by atoms with E-state index in [-0.39, 0.29) is 5.41 Å². The molecule has 0 amide bonds. The van der Waals surface area contributed by atoms with Gasteiger partial charge in [-0.15, -0.1) is 0 Å². The summed E-state index contributed by atoms with van der Waals surface area (Å²) in [7, 11) is 0. The second kappa shape index (κ2) is 8.77. The fourth-order valence-electron chi connectivity index (χ4n) is 4.78. The molecular weight excluding hydrogens is 439 g/mol. The molecule has 0 N–H and O–H groups in total. The minimum Gasteiger partial charge on any atom is -0.0991 e. The van der Waals surface area contributed by atoms with Crippen LogP contribution >= 0.6 is 22.6 Å². The third kappa shape index (κ3) is 3.94. The summed E-state index contributed by atoms with van der Waals surface area (Å²) in [5.41, 5.74) is 9.30. The van der Waals surface area contributed by atoms with Gasteiger partial charge in [0.2, 0.25) is 0 Å². The first-order valence-electron chi connectivity index (χ1n) is 10.1. The number of halogens is 1. The number of alkyl halides is 1. The third-order valence-corrected chi connectivity index (χ3v) is 6.74. The maximum atomic E-state index is 3.84. The van der Waals surface area contributed by atoms with Crippen LogP contribution in [0, 0.1) is 11.3 Å². The summed E-state index contributed by atoms with van der Waals surface area (Å²) in [5.74, 6) is 0.592.